The van der Waals surface area contributed by atoms with Crippen LogP contribution in [0, 0.1) is 0 Å². The van der Waals surface area contributed by atoms with Crippen molar-refractivity contribution in [2.24, 2.45) is 0 Å². The summed E-state index contributed by atoms with van der Waals surface area (Å²) in [5.41, 5.74) is 0.483. The first-order chi connectivity index (χ1) is 34.9. The Hall–Kier alpha value is 0.250. The second-order valence-electron chi connectivity index (χ2n) is 25.6. The van der Waals surface area contributed by atoms with Crippen LogP contribution in [0.5, 0.6) is 0 Å². The molecule has 0 aromatic heterocycles. The SMILES string of the molecule is CCCCCCCCCCCCCCCCCCCCCCC(CCCCCCCCCCCCCCCCCCCCCC)(CCCCCCCCCCCCCCCCCCCCCC)[N+](C)(C)C.[Cl-]. The highest BCUT2D eigenvalue weighted by Crippen LogP contribution is 2.37. The Balaban J connectivity index is 0. The quantitative estimate of drug-likeness (QED) is 0.0421. The molecular formula is C70H144ClN. The molecule has 0 aliphatic heterocycles. The van der Waals surface area contributed by atoms with Crippen LogP contribution < -0.4 is 12.4 Å². The molecule has 0 aliphatic carbocycles. The van der Waals surface area contributed by atoms with Crippen LogP contribution in [-0.4, -0.2) is 31.2 Å². The van der Waals surface area contributed by atoms with Crippen molar-refractivity contribution in [1.29, 1.82) is 0 Å². The molecule has 0 unspecified atom stereocenters. The van der Waals surface area contributed by atoms with E-state index in [9.17, 15) is 0 Å². The van der Waals surface area contributed by atoms with Crippen molar-refractivity contribution in [3.63, 3.8) is 0 Å². The summed E-state index contributed by atoms with van der Waals surface area (Å²) >= 11 is 0. The van der Waals surface area contributed by atoms with Gasteiger partial charge in [0.15, 0.2) is 0 Å². The molecule has 0 aromatic rings. The van der Waals surface area contributed by atoms with Crippen molar-refractivity contribution in [1.82, 2.24) is 0 Å². The van der Waals surface area contributed by atoms with E-state index in [0.29, 0.717) is 5.54 Å². The Morgan fingerprint density at radius 1 is 0.167 bits per heavy atom. The average molecular weight is 1040 g/mol. The summed E-state index contributed by atoms with van der Waals surface area (Å²) in [7, 11) is 7.72. The Morgan fingerprint density at radius 3 is 0.361 bits per heavy atom. The fourth-order valence-electron chi connectivity index (χ4n) is 12.5. The van der Waals surface area contributed by atoms with Gasteiger partial charge in [0.2, 0.25) is 0 Å². The Kier molecular flexibility index (Phi) is 64.1. The number of halogens is 1. The maximum Gasteiger partial charge on any atom is 0.0986 e. The van der Waals surface area contributed by atoms with E-state index in [1.54, 1.807) is 0 Å². The van der Waals surface area contributed by atoms with Gasteiger partial charge in [-0.2, -0.15) is 0 Å². The Morgan fingerprint density at radius 2 is 0.264 bits per heavy atom. The molecule has 0 fully saturated rings. The molecule has 0 bridgehead atoms. The summed E-state index contributed by atoms with van der Waals surface area (Å²) in [5, 5.41) is 0. The summed E-state index contributed by atoms with van der Waals surface area (Å²) in [6, 6.07) is 0. The van der Waals surface area contributed by atoms with Gasteiger partial charge in [-0.05, 0) is 19.3 Å². The highest BCUT2D eigenvalue weighted by molar-refractivity contribution is 4.81. The molecule has 0 rings (SSSR count). The molecular weight excluding hydrogens is 890 g/mol. The van der Waals surface area contributed by atoms with E-state index >= 15 is 0 Å². The van der Waals surface area contributed by atoms with Gasteiger partial charge in [-0.3, -0.25) is 0 Å². The van der Waals surface area contributed by atoms with Gasteiger partial charge in [-0.1, -0.05) is 387 Å². The monoisotopic (exact) mass is 1030 g/mol. The first-order valence-corrected chi connectivity index (χ1v) is 34.7. The molecule has 0 heterocycles. The predicted octanol–water partition coefficient (Wildman–Crippen LogP) is 23.1. The number of nitrogens with zero attached hydrogens (tertiary/aromatic N) is 1. The number of hydrogen-bond donors (Lipinski definition) is 0. The van der Waals surface area contributed by atoms with Crippen molar-refractivity contribution < 1.29 is 16.9 Å². The van der Waals surface area contributed by atoms with E-state index in [1.165, 1.54) is 409 Å². The van der Waals surface area contributed by atoms with Gasteiger partial charge < -0.3 is 16.9 Å². The molecule has 72 heavy (non-hydrogen) atoms. The van der Waals surface area contributed by atoms with E-state index in [2.05, 4.69) is 41.9 Å². The summed E-state index contributed by atoms with van der Waals surface area (Å²) in [4.78, 5) is 0. The van der Waals surface area contributed by atoms with Gasteiger partial charge in [0.05, 0.1) is 26.7 Å². The lowest BCUT2D eigenvalue weighted by atomic mass is 9.79. The van der Waals surface area contributed by atoms with Crippen molar-refractivity contribution in [3.8, 4) is 0 Å². The molecule has 0 aliphatic rings. The van der Waals surface area contributed by atoms with Crippen LogP contribution in [0.25, 0.3) is 0 Å². The largest absolute Gasteiger partial charge is 1.00 e. The van der Waals surface area contributed by atoms with E-state index in [0.717, 1.165) is 0 Å². The molecule has 0 atom stereocenters. The highest BCUT2D eigenvalue weighted by atomic mass is 35.5. The van der Waals surface area contributed by atoms with Crippen LogP contribution >= 0.6 is 0 Å². The molecule has 0 saturated carbocycles. The Bertz CT molecular complexity index is 831. The minimum atomic E-state index is 0. The summed E-state index contributed by atoms with van der Waals surface area (Å²) in [5.74, 6) is 0. The minimum Gasteiger partial charge on any atom is -1.00 e. The van der Waals surface area contributed by atoms with Crippen LogP contribution in [0.4, 0.5) is 0 Å². The zero-order valence-electron chi connectivity index (χ0n) is 51.9. The maximum atomic E-state index is 2.57. The second kappa shape index (κ2) is 62.1. The fraction of sp³-hybridized carbons (Fsp3) is 1.00. The van der Waals surface area contributed by atoms with Gasteiger partial charge in [0.1, 0.15) is 0 Å². The van der Waals surface area contributed by atoms with Crippen LogP contribution in [0.15, 0.2) is 0 Å². The third-order valence-corrected chi connectivity index (χ3v) is 17.9. The zero-order valence-corrected chi connectivity index (χ0v) is 52.6. The summed E-state index contributed by atoms with van der Waals surface area (Å²) in [6.07, 6.45) is 92.9. The third kappa shape index (κ3) is 55.0. The van der Waals surface area contributed by atoms with Gasteiger partial charge in [-0.15, -0.1) is 0 Å². The lowest BCUT2D eigenvalue weighted by Gasteiger charge is -2.47. The molecule has 0 saturated heterocycles. The minimum absolute atomic E-state index is 0. The molecule has 0 N–H and O–H groups in total. The normalized spacial score (nSPS) is 12.1. The standard InChI is InChI=1S/C70H144N.ClH/c1-7-10-13-16-19-22-25-28-31-34-37-40-43-46-49-52-55-58-61-64-67-70(71(4,5)6,68-65-62-59-56-53-50-47-44-41-38-35-32-29-26-23-20-17-14-11-8-2)69-66-63-60-57-54-51-48-45-42-39-36-33-30-27-24-21-18-15-12-9-3;/h7-69H2,1-6H3;1H/q+1;/p-1. The van der Waals surface area contributed by atoms with Crippen molar-refractivity contribution >= 4 is 0 Å². The number of hydrogen-bond acceptors (Lipinski definition) is 0. The first kappa shape index (κ1) is 74.3. The maximum absolute atomic E-state index is 2.57. The summed E-state index contributed by atoms with van der Waals surface area (Å²) in [6.45, 7) is 6.97. The average Bonchev–Trinajstić information content (AvgIpc) is 3.36. The van der Waals surface area contributed by atoms with Crippen molar-refractivity contribution in [2.75, 3.05) is 21.1 Å². The van der Waals surface area contributed by atoms with Gasteiger partial charge >= 0.3 is 0 Å². The van der Waals surface area contributed by atoms with Crippen LogP contribution in [0.2, 0.25) is 0 Å². The van der Waals surface area contributed by atoms with Crippen molar-refractivity contribution in [2.45, 2.75) is 431 Å². The van der Waals surface area contributed by atoms with Crippen LogP contribution in [0.1, 0.15) is 425 Å². The topological polar surface area (TPSA) is 0 Å². The fourth-order valence-corrected chi connectivity index (χ4v) is 12.5. The van der Waals surface area contributed by atoms with Gasteiger partial charge in [0, 0.05) is 19.3 Å². The number of quaternary nitrogens is 1. The number of unbranched alkanes of at least 4 members (excludes halogenated alkanes) is 57. The lowest BCUT2D eigenvalue weighted by molar-refractivity contribution is -0.926. The molecule has 436 valence electrons. The first-order valence-electron chi connectivity index (χ1n) is 34.7. The van der Waals surface area contributed by atoms with E-state index in [4.69, 9.17) is 0 Å². The highest BCUT2D eigenvalue weighted by Gasteiger charge is 2.41. The Labute approximate surface area is 466 Å². The van der Waals surface area contributed by atoms with Crippen LogP contribution in [0.3, 0.4) is 0 Å². The van der Waals surface area contributed by atoms with E-state index < -0.39 is 0 Å². The predicted molar refractivity (Wildman–Crippen MR) is 329 cm³/mol. The van der Waals surface area contributed by atoms with Gasteiger partial charge in [-0.25, -0.2) is 0 Å². The molecule has 0 radical (unpaired) electrons. The van der Waals surface area contributed by atoms with E-state index in [1.807, 2.05) is 0 Å². The van der Waals surface area contributed by atoms with Crippen LogP contribution in [-0.2, 0) is 0 Å². The lowest BCUT2D eigenvalue weighted by Crippen LogP contribution is -3.00. The summed E-state index contributed by atoms with van der Waals surface area (Å²) < 4.78 is 1.18. The molecule has 0 spiro atoms. The van der Waals surface area contributed by atoms with E-state index in [-0.39, 0.29) is 12.4 Å². The molecule has 1 nitrogen and oxygen atoms in total. The third-order valence-electron chi connectivity index (χ3n) is 17.9. The van der Waals surface area contributed by atoms with Crippen molar-refractivity contribution in [3.05, 3.63) is 0 Å². The number of rotatable bonds is 64. The molecule has 0 aromatic carbocycles. The molecule has 2 heteroatoms. The zero-order chi connectivity index (χ0) is 51.5. The van der Waals surface area contributed by atoms with Gasteiger partial charge in [0.25, 0.3) is 0 Å². The second-order valence-corrected chi connectivity index (χ2v) is 25.6. The molecule has 0 amide bonds. The smallest absolute Gasteiger partial charge is 0.0986 e.